The molecule has 1 aliphatic rings. The Bertz CT molecular complexity index is 1490. The van der Waals surface area contributed by atoms with Crippen molar-refractivity contribution in [2.24, 2.45) is 0 Å². The number of nitrogens with zero attached hydrogens (tertiary/aromatic N) is 4. The highest BCUT2D eigenvalue weighted by atomic mass is 35.5. The largest absolute Gasteiger partial charge is 0.497 e. The van der Waals surface area contributed by atoms with Gasteiger partial charge in [-0.3, -0.25) is 18.7 Å². The average molecular weight is 535 g/mol. The first kappa shape index (κ1) is 26.0. The Morgan fingerprint density at radius 2 is 1.82 bits per heavy atom. The molecule has 0 radical (unpaired) electrons. The number of amides is 1. The predicted octanol–water partition coefficient (Wildman–Crippen LogP) is 4.40. The normalized spacial score (nSPS) is 15.9. The van der Waals surface area contributed by atoms with Crippen LogP contribution in [0.2, 0.25) is 5.15 Å². The van der Waals surface area contributed by atoms with E-state index >= 15 is 0 Å². The summed E-state index contributed by atoms with van der Waals surface area (Å²) < 4.78 is 8.36. The maximum absolute atomic E-state index is 13.3. The molecule has 2 aromatic carbocycles. The average Bonchev–Trinajstić information content (AvgIpc) is 3.27. The lowest BCUT2D eigenvalue weighted by Gasteiger charge is -2.38. The Morgan fingerprint density at radius 3 is 2.47 bits per heavy atom. The molecule has 4 aromatic rings. The second-order valence-corrected chi connectivity index (χ2v) is 10.4. The van der Waals surface area contributed by atoms with Crippen molar-refractivity contribution >= 4 is 28.5 Å². The van der Waals surface area contributed by atoms with Crippen LogP contribution < -0.4 is 10.3 Å². The molecule has 0 aliphatic carbocycles. The molecule has 1 amide bonds. The van der Waals surface area contributed by atoms with Crippen LogP contribution in [0.4, 0.5) is 0 Å². The number of methoxy groups -OCH3 is 1. The van der Waals surface area contributed by atoms with E-state index in [-0.39, 0.29) is 23.9 Å². The van der Waals surface area contributed by atoms with Gasteiger partial charge in [-0.25, -0.2) is 4.98 Å². The first-order valence-electron chi connectivity index (χ1n) is 12.7. The molecular weight excluding hydrogens is 504 g/mol. The monoisotopic (exact) mass is 534 g/mol. The number of likely N-dealkylation sites (tertiary alicyclic amines) is 1. The van der Waals surface area contributed by atoms with Crippen LogP contribution in [0, 0.1) is 0 Å². The highest BCUT2D eigenvalue weighted by Gasteiger charge is 2.35. The minimum Gasteiger partial charge on any atom is -0.497 e. The third-order valence-electron chi connectivity index (χ3n) is 7.43. The lowest BCUT2D eigenvalue weighted by molar-refractivity contribution is -0.136. The smallest absolute Gasteiger partial charge is 0.262 e. The summed E-state index contributed by atoms with van der Waals surface area (Å²) in [4.78, 5) is 32.6. The van der Waals surface area contributed by atoms with Crippen LogP contribution in [0.15, 0.2) is 71.8 Å². The summed E-state index contributed by atoms with van der Waals surface area (Å²) in [5.41, 5.74) is 0.961. The van der Waals surface area contributed by atoms with E-state index in [1.165, 1.54) is 10.9 Å². The van der Waals surface area contributed by atoms with E-state index in [9.17, 15) is 14.7 Å². The van der Waals surface area contributed by atoms with Crippen LogP contribution in [-0.4, -0.2) is 55.8 Å². The fourth-order valence-electron chi connectivity index (χ4n) is 5.11. The molecule has 0 unspecified atom stereocenters. The minimum atomic E-state index is -1.11. The van der Waals surface area contributed by atoms with Crippen molar-refractivity contribution in [1.29, 1.82) is 0 Å². The van der Waals surface area contributed by atoms with Gasteiger partial charge in [-0.15, -0.1) is 0 Å². The zero-order valence-electron chi connectivity index (χ0n) is 21.5. The zero-order chi connectivity index (χ0) is 26.9. The highest BCUT2D eigenvalue weighted by Crippen LogP contribution is 2.28. The van der Waals surface area contributed by atoms with E-state index in [4.69, 9.17) is 16.3 Å². The summed E-state index contributed by atoms with van der Waals surface area (Å²) in [6.45, 7) is 3.04. The molecule has 0 bridgehead atoms. The SMILES string of the molecule is COc1ccc(-n2c(Cl)cc3c(=O)n(CC4(O)CCN(C(=O)C[C@@H](C)c5ccccc5)CC4)cnc32)cc1. The number of aliphatic hydroxyl groups is 1. The first-order valence-corrected chi connectivity index (χ1v) is 13.1. The van der Waals surface area contributed by atoms with Crippen LogP contribution in [0.1, 0.15) is 37.7 Å². The highest BCUT2D eigenvalue weighted by molar-refractivity contribution is 6.31. The number of carbonyl (C=O) groups is 1. The fraction of sp³-hybridized carbons (Fsp3) is 0.345. The summed E-state index contributed by atoms with van der Waals surface area (Å²) >= 11 is 6.50. The molecule has 1 aliphatic heterocycles. The van der Waals surface area contributed by atoms with E-state index in [0.29, 0.717) is 54.3 Å². The van der Waals surface area contributed by atoms with E-state index < -0.39 is 5.60 Å². The summed E-state index contributed by atoms with van der Waals surface area (Å²) in [6.07, 6.45) is 2.65. The van der Waals surface area contributed by atoms with Crippen LogP contribution in [0.25, 0.3) is 16.7 Å². The van der Waals surface area contributed by atoms with E-state index in [1.54, 1.807) is 17.7 Å². The molecule has 198 valence electrons. The fourth-order valence-corrected chi connectivity index (χ4v) is 5.40. The van der Waals surface area contributed by atoms with Gasteiger partial charge in [0.1, 0.15) is 17.2 Å². The van der Waals surface area contributed by atoms with Gasteiger partial charge >= 0.3 is 0 Å². The van der Waals surface area contributed by atoms with E-state index in [2.05, 4.69) is 11.9 Å². The van der Waals surface area contributed by atoms with Crippen LogP contribution >= 0.6 is 11.6 Å². The van der Waals surface area contributed by atoms with Gasteiger partial charge in [-0.2, -0.15) is 0 Å². The molecule has 3 heterocycles. The Kier molecular flexibility index (Phi) is 7.27. The van der Waals surface area contributed by atoms with Crippen molar-refractivity contribution in [2.75, 3.05) is 20.2 Å². The van der Waals surface area contributed by atoms with Crippen molar-refractivity contribution < 1.29 is 14.6 Å². The first-order chi connectivity index (χ1) is 18.3. The second-order valence-electron chi connectivity index (χ2n) is 10.0. The molecule has 8 nitrogen and oxygen atoms in total. The third-order valence-corrected chi connectivity index (χ3v) is 7.71. The molecule has 0 spiro atoms. The van der Waals surface area contributed by atoms with Gasteiger partial charge in [0.2, 0.25) is 5.91 Å². The second kappa shape index (κ2) is 10.6. The summed E-state index contributed by atoms with van der Waals surface area (Å²) in [5, 5.41) is 12.0. The molecular formula is C29H31ClN4O4. The van der Waals surface area contributed by atoms with Gasteiger partial charge in [-0.1, -0.05) is 48.9 Å². The molecule has 9 heteroatoms. The van der Waals surface area contributed by atoms with E-state index in [0.717, 1.165) is 11.3 Å². The number of aromatic nitrogens is 3. The number of rotatable bonds is 7. The van der Waals surface area contributed by atoms with E-state index in [1.807, 2.05) is 59.5 Å². The maximum atomic E-state index is 13.3. The summed E-state index contributed by atoms with van der Waals surface area (Å²) in [7, 11) is 1.60. The Morgan fingerprint density at radius 1 is 1.13 bits per heavy atom. The van der Waals surface area contributed by atoms with Crippen molar-refractivity contribution in [1.82, 2.24) is 19.0 Å². The quantitative estimate of drug-likeness (QED) is 0.380. The molecule has 0 saturated carbocycles. The Hall–Kier alpha value is -3.62. The number of carbonyl (C=O) groups excluding carboxylic acids is 1. The number of hydrogen-bond donors (Lipinski definition) is 1. The van der Waals surface area contributed by atoms with Gasteiger partial charge < -0.3 is 14.7 Å². The third kappa shape index (κ3) is 5.19. The topological polar surface area (TPSA) is 89.6 Å². The Balaban J connectivity index is 1.28. The van der Waals surface area contributed by atoms with Gasteiger partial charge in [0, 0.05) is 25.2 Å². The lowest BCUT2D eigenvalue weighted by atomic mass is 9.90. The molecule has 1 N–H and O–H groups in total. The number of ether oxygens (including phenoxy) is 1. The molecule has 38 heavy (non-hydrogen) atoms. The summed E-state index contributed by atoms with van der Waals surface area (Å²) in [6, 6.07) is 18.9. The number of halogens is 1. The molecule has 1 atom stereocenters. The lowest BCUT2D eigenvalue weighted by Crippen LogP contribution is -2.49. The van der Waals surface area contributed by atoms with Crippen molar-refractivity contribution in [3.05, 3.63) is 88.1 Å². The molecule has 2 aromatic heterocycles. The Labute approximate surface area is 226 Å². The van der Waals surface area contributed by atoms with Crippen LogP contribution in [0.5, 0.6) is 5.75 Å². The number of benzene rings is 2. The van der Waals surface area contributed by atoms with Crippen molar-refractivity contribution in [3.8, 4) is 11.4 Å². The van der Waals surface area contributed by atoms with Crippen molar-refractivity contribution in [2.45, 2.75) is 44.2 Å². The van der Waals surface area contributed by atoms with Gasteiger partial charge in [0.05, 0.1) is 24.6 Å². The van der Waals surface area contributed by atoms with Crippen LogP contribution in [-0.2, 0) is 11.3 Å². The maximum Gasteiger partial charge on any atom is 0.262 e. The van der Waals surface area contributed by atoms with Gasteiger partial charge in [-0.05, 0) is 54.7 Å². The molecule has 5 rings (SSSR count). The van der Waals surface area contributed by atoms with Gasteiger partial charge in [0.25, 0.3) is 5.56 Å². The number of fused-ring (bicyclic) bond motifs is 1. The number of piperidine rings is 1. The van der Waals surface area contributed by atoms with Gasteiger partial charge in [0.15, 0.2) is 5.65 Å². The van der Waals surface area contributed by atoms with Crippen LogP contribution in [0.3, 0.4) is 0 Å². The predicted molar refractivity (Wildman–Crippen MR) is 147 cm³/mol. The molecule has 1 saturated heterocycles. The zero-order valence-corrected chi connectivity index (χ0v) is 22.3. The minimum absolute atomic E-state index is 0.0816. The van der Waals surface area contributed by atoms with Crippen molar-refractivity contribution in [3.63, 3.8) is 0 Å². The number of hydrogen-bond acceptors (Lipinski definition) is 5. The molecule has 1 fully saturated rings. The summed E-state index contributed by atoms with van der Waals surface area (Å²) in [5.74, 6) is 0.916. The standard InChI is InChI=1S/C29H31ClN4O4/c1-20(21-6-4-3-5-7-21)16-26(35)32-14-12-29(37,13-15-32)18-33-19-31-27-24(28(33)36)17-25(30)34(27)22-8-10-23(38-2)11-9-22/h3-11,17,19-20,37H,12-16,18H2,1-2H3/t20-/m1/s1.